The van der Waals surface area contributed by atoms with Gasteiger partial charge in [-0.3, -0.25) is 0 Å². The molecule has 3 aromatic carbocycles. The Hall–Kier alpha value is -4.41. The molecule has 0 saturated carbocycles. The van der Waals surface area contributed by atoms with Crippen molar-refractivity contribution in [1.82, 2.24) is 0 Å². The van der Waals surface area contributed by atoms with Gasteiger partial charge in [-0.05, 0) is 54.4 Å². The number of benzene rings is 3. The zero-order chi connectivity index (χ0) is 25.2. The monoisotopic (exact) mass is 500 g/mol. The van der Waals surface area contributed by atoms with Gasteiger partial charge in [0.05, 0.1) is 23.5 Å². The molecular weight excluding hydrogens is 480 g/mol. The second-order valence-electron chi connectivity index (χ2n) is 8.11. The standard InChI is InChI=1S/C28H21ClN2O5/c1-2-33-23-13-17(9-12-22(23)34-15-16-7-10-18(29)11-8-16)24-20(14-30)27(31)36-26-19-5-3-4-6-21(19)35-28(32)25(24)26/h3-13,24H,2,15,31H2,1H3/t24-/m1/s1. The van der Waals surface area contributed by atoms with E-state index in [1.54, 1.807) is 54.6 Å². The Balaban J connectivity index is 1.59. The Bertz CT molecular complexity index is 1580. The number of nitrogens with two attached hydrogens (primary N) is 1. The van der Waals surface area contributed by atoms with Crippen LogP contribution < -0.4 is 25.6 Å². The first-order valence-electron chi connectivity index (χ1n) is 11.3. The molecule has 0 fully saturated rings. The molecule has 5 rings (SSSR count). The number of para-hydroxylation sites is 1. The van der Waals surface area contributed by atoms with Crippen molar-refractivity contribution in [3.63, 3.8) is 0 Å². The van der Waals surface area contributed by atoms with Crippen molar-refractivity contribution in [3.8, 4) is 23.3 Å². The smallest absolute Gasteiger partial charge is 0.344 e. The molecule has 0 bridgehead atoms. The number of nitriles is 1. The van der Waals surface area contributed by atoms with Crippen LogP contribution in [0.5, 0.6) is 17.2 Å². The summed E-state index contributed by atoms with van der Waals surface area (Å²) >= 11 is 5.97. The number of allylic oxidation sites excluding steroid dienone is 1. The van der Waals surface area contributed by atoms with E-state index in [0.29, 0.717) is 46.3 Å². The third-order valence-corrected chi connectivity index (χ3v) is 6.13. The van der Waals surface area contributed by atoms with Gasteiger partial charge in [0.15, 0.2) is 17.2 Å². The van der Waals surface area contributed by atoms with Crippen LogP contribution in [0.15, 0.2) is 87.4 Å². The summed E-state index contributed by atoms with van der Waals surface area (Å²) in [6.45, 7) is 2.56. The molecule has 1 aliphatic rings. The molecule has 1 aliphatic heterocycles. The topological polar surface area (TPSA) is 108 Å². The lowest BCUT2D eigenvalue weighted by Gasteiger charge is -2.26. The first kappa shape index (κ1) is 23.3. The van der Waals surface area contributed by atoms with Gasteiger partial charge in [-0.15, -0.1) is 0 Å². The van der Waals surface area contributed by atoms with E-state index in [1.165, 1.54) is 0 Å². The number of halogens is 1. The van der Waals surface area contributed by atoms with Crippen molar-refractivity contribution in [2.75, 3.05) is 6.61 Å². The summed E-state index contributed by atoms with van der Waals surface area (Å²) in [6.07, 6.45) is 0. The molecule has 1 atom stereocenters. The summed E-state index contributed by atoms with van der Waals surface area (Å²) in [5.41, 5.74) is 7.80. The normalized spacial score (nSPS) is 14.6. The first-order valence-corrected chi connectivity index (χ1v) is 11.6. The van der Waals surface area contributed by atoms with E-state index < -0.39 is 11.5 Å². The highest BCUT2D eigenvalue weighted by Crippen LogP contribution is 2.45. The number of hydrogen-bond acceptors (Lipinski definition) is 7. The van der Waals surface area contributed by atoms with Gasteiger partial charge in [-0.25, -0.2) is 4.79 Å². The molecule has 1 aromatic heterocycles. The van der Waals surface area contributed by atoms with Gasteiger partial charge in [0, 0.05) is 5.02 Å². The average molecular weight is 501 g/mol. The molecule has 2 N–H and O–H groups in total. The van der Waals surface area contributed by atoms with Crippen molar-refractivity contribution in [2.45, 2.75) is 19.4 Å². The molecule has 8 heteroatoms. The predicted molar refractivity (Wildman–Crippen MR) is 135 cm³/mol. The summed E-state index contributed by atoms with van der Waals surface area (Å²) < 4.78 is 23.2. The van der Waals surface area contributed by atoms with Gasteiger partial charge in [0.1, 0.15) is 23.8 Å². The largest absolute Gasteiger partial charge is 0.490 e. The molecule has 0 amide bonds. The van der Waals surface area contributed by atoms with E-state index in [1.807, 2.05) is 19.1 Å². The van der Waals surface area contributed by atoms with Gasteiger partial charge >= 0.3 is 5.63 Å². The van der Waals surface area contributed by atoms with Gasteiger partial charge in [0.2, 0.25) is 5.88 Å². The van der Waals surface area contributed by atoms with Crippen LogP contribution >= 0.6 is 11.6 Å². The Morgan fingerprint density at radius 1 is 1.06 bits per heavy atom. The van der Waals surface area contributed by atoms with Crippen LogP contribution in [0.3, 0.4) is 0 Å². The van der Waals surface area contributed by atoms with E-state index in [-0.39, 0.29) is 22.8 Å². The molecule has 36 heavy (non-hydrogen) atoms. The lowest BCUT2D eigenvalue weighted by Crippen LogP contribution is -2.26. The summed E-state index contributed by atoms with van der Waals surface area (Å²) in [5.74, 6) is 0.405. The maximum atomic E-state index is 13.1. The number of fused-ring (bicyclic) bond motifs is 3. The highest BCUT2D eigenvalue weighted by atomic mass is 35.5. The lowest BCUT2D eigenvalue weighted by atomic mass is 9.83. The van der Waals surface area contributed by atoms with Crippen LogP contribution in [0.4, 0.5) is 0 Å². The van der Waals surface area contributed by atoms with Crippen LogP contribution in [0, 0.1) is 11.3 Å². The van der Waals surface area contributed by atoms with Crippen LogP contribution in [0.2, 0.25) is 5.02 Å². The van der Waals surface area contributed by atoms with E-state index in [9.17, 15) is 10.1 Å². The molecule has 0 spiro atoms. The van der Waals surface area contributed by atoms with Crippen LogP contribution in [0.1, 0.15) is 29.5 Å². The number of rotatable bonds is 6. The quantitative estimate of drug-likeness (QED) is 0.341. The molecule has 180 valence electrons. The molecule has 0 aliphatic carbocycles. The SMILES string of the molecule is CCOc1cc([C@@H]2C(C#N)=C(N)Oc3c2c(=O)oc2ccccc32)ccc1OCc1ccc(Cl)cc1. The second kappa shape index (κ2) is 9.68. The Kier molecular flexibility index (Phi) is 6.28. The summed E-state index contributed by atoms with van der Waals surface area (Å²) in [4.78, 5) is 13.1. The van der Waals surface area contributed by atoms with Crippen molar-refractivity contribution in [3.05, 3.63) is 110 Å². The van der Waals surface area contributed by atoms with Gasteiger partial charge in [0.25, 0.3) is 0 Å². The number of hydrogen-bond donors (Lipinski definition) is 1. The average Bonchev–Trinajstić information content (AvgIpc) is 2.88. The minimum absolute atomic E-state index is 0.0632. The third kappa shape index (κ3) is 4.23. The molecule has 4 aromatic rings. The first-order chi connectivity index (χ1) is 17.5. The highest BCUT2D eigenvalue weighted by molar-refractivity contribution is 6.30. The molecule has 7 nitrogen and oxygen atoms in total. The van der Waals surface area contributed by atoms with Gasteiger partial charge in [-0.1, -0.05) is 41.9 Å². The number of nitrogens with zero attached hydrogens (tertiary/aromatic N) is 1. The van der Waals surface area contributed by atoms with E-state index in [2.05, 4.69) is 6.07 Å². The highest BCUT2D eigenvalue weighted by Gasteiger charge is 2.36. The minimum atomic E-state index is -0.802. The Morgan fingerprint density at radius 3 is 2.58 bits per heavy atom. The Labute approximate surface area is 211 Å². The maximum Gasteiger partial charge on any atom is 0.344 e. The van der Waals surface area contributed by atoms with Gasteiger partial charge < -0.3 is 24.4 Å². The van der Waals surface area contributed by atoms with Crippen LogP contribution in [-0.2, 0) is 6.61 Å². The Morgan fingerprint density at radius 2 is 1.83 bits per heavy atom. The minimum Gasteiger partial charge on any atom is -0.490 e. The molecule has 2 heterocycles. The van der Waals surface area contributed by atoms with Crippen molar-refractivity contribution < 1.29 is 18.6 Å². The van der Waals surface area contributed by atoms with Crippen molar-refractivity contribution in [1.29, 1.82) is 5.26 Å². The van der Waals surface area contributed by atoms with E-state index >= 15 is 0 Å². The fourth-order valence-corrected chi connectivity index (χ4v) is 4.36. The maximum absolute atomic E-state index is 13.1. The fourth-order valence-electron chi connectivity index (χ4n) is 4.23. The van der Waals surface area contributed by atoms with Crippen LogP contribution in [0.25, 0.3) is 11.0 Å². The fraction of sp³-hybridized carbons (Fsp3) is 0.143. The lowest BCUT2D eigenvalue weighted by molar-refractivity contribution is 0.269. The third-order valence-electron chi connectivity index (χ3n) is 5.88. The summed E-state index contributed by atoms with van der Waals surface area (Å²) in [5, 5.41) is 11.1. The van der Waals surface area contributed by atoms with Gasteiger partial charge in [-0.2, -0.15) is 5.26 Å². The summed E-state index contributed by atoms with van der Waals surface area (Å²) in [6, 6.07) is 21.7. The predicted octanol–water partition coefficient (Wildman–Crippen LogP) is 5.64. The molecule has 0 unspecified atom stereocenters. The zero-order valence-corrected chi connectivity index (χ0v) is 20.0. The van der Waals surface area contributed by atoms with Crippen LogP contribution in [-0.4, -0.2) is 6.61 Å². The van der Waals surface area contributed by atoms with E-state index in [4.69, 9.17) is 36.0 Å². The zero-order valence-electron chi connectivity index (χ0n) is 19.3. The molecular formula is C28H21ClN2O5. The summed E-state index contributed by atoms with van der Waals surface area (Å²) in [7, 11) is 0. The van der Waals surface area contributed by atoms with E-state index in [0.717, 1.165) is 5.56 Å². The molecule has 0 radical (unpaired) electrons. The molecule has 0 saturated heterocycles. The van der Waals surface area contributed by atoms with Crippen molar-refractivity contribution in [2.24, 2.45) is 5.73 Å². The van der Waals surface area contributed by atoms with Crippen molar-refractivity contribution >= 4 is 22.6 Å². The second-order valence-corrected chi connectivity index (χ2v) is 8.54. The number of ether oxygens (including phenoxy) is 3.